The Balaban J connectivity index is 1.56. The summed E-state index contributed by atoms with van der Waals surface area (Å²) < 4.78 is 44.6. The second-order valence-corrected chi connectivity index (χ2v) is 7.09. The highest BCUT2D eigenvalue weighted by Crippen LogP contribution is 2.42. The van der Waals surface area contributed by atoms with E-state index in [2.05, 4.69) is 16.2 Å². The third-order valence-corrected chi connectivity index (χ3v) is 4.75. The minimum Gasteiger partial charge on any atom is -0.479 e. The van der Waals surface area contributed by atoms with Gasteiger partial charge in [0.25, 0.3) is 5.91 Å². The van der Waals surface area contributed by atoms with Crippen molar-refractivity contribution in [3.63, 3.8) is 0 Å². The zero-order chi connectivity index (χ0) is 20.5. The molecule has 1 fully saturated rings. The number of ether oxygens (including phenoxy) is 1. The van der Waals surface area contributed by atoms with Crippen LogP contribution in [0.5, 0.6) is 5.75 Å². The van der Waals surface area contributed by atoms with Gasteiger partial charge in [0.05, 0.1) is 5.02 Å². The molecule has 0 aromatic heterocycles. The summed E-state index contributed by atoms with van der Waals surface area (Å²) in [6.07, 6.45) is -5.29. The smallest absolute Gasteiger partial charge is 0.426 e. The lowest BCUT2D eigenvalue weighted by atomic mass is 10.0. The molecule has 0 aliphatic carbocycles. The van der Waals surface area contributed by atoms with Gasteiger partial charge >= 0.3 is 6.18 Å². The standard InChI is InChI=1S/C18H16Cl2F3N3O2/c1-10(28-15-7-6-13(19)8-14(15)20)16(27)24-9-11-2-4-12(5-3-11)17(25-26-17)18(21,22)23/h2-8,10,25-26H,9H2,1H3,(H,24,27). The normalized spacial score (nSPS) is 16.4. The molecule has 2 aromatic carbocycles. The summed E-state index contributed by atoms with van der Waals surface area (Å²) in [6, 6.07) is 10.4. The van der Waals surface area contributed by atoms with Gasteiger partial charge in [-0.1, -0.05) is 47.5 Å². The minimum atomic E-state index is -4.46. The van der Waals surface area contributed by atoms with Gasteiger partial charge < -0.3 is 10.1 Å². The van der Waals surface area contributed by atoms with E-state index in [1.807, 2.05) is 0 Å². The Kier molecular flexibility index (Phi) is 5.77. The first kappa shape index (κ1) is 20.7. The molecule has 1 atom stereocenters. The molecule has 3 rings (SSSR count). The van der Waals surface area contributed by atoms with Crippen molar-refractivity contribution in [2.24, 2.45) is 0 Å². The maximum absolute atomic E-state index is 13.0. The molecule has 0 saturated carbocycles. The van der Waals surface area contributed by atoms with Crippen LogP contribution in [0.4, 0.5) is 13.2 Å². The van der Waals surface area contributed by atoms with Gasteiger partial charge in [0.2, 0.25) is 5.66 Å². The molecule has 10 heteroatoms. The number of hydrogen-bond acceptors (Lipinski definition) is 4. The molecule has 1 heterocycles. The van der Waals surface area contributed by atoms with Crippen molar-refractivity contribution in [3.8, 4) is 5.75 Å². The van der Waals surface area contributed by atoms with E-state index in [9.17, 15) is 18.0 Å². The molecule has 1 unspecified atom stereocenters. The number of benzene rings is 2. The molecule has 3 N–H and O–H groups in total. The van der Waals surface area contributed by atoms with Gasteiger partial charge in [0.1, 0.15) is 5.75 Å². The Morgan fingerprint density at radius 2 is 1.82 bits per heavy atom. The number of hydrogen-bond donors (Lipinski definition) is 3. The Morgan fingerprint density at radius 3 is 2.36 bits per heavy atom. The number of rotatable bonds is 6. The zero-order valence-electron chi connectivity index (χ0n) is 14.5. The lowest BCUT2D eigenvalue weighted by molar-refractivity contribution is -0.165. The first-order valence-electron chi connectivity index (χ1n) is 8.22. The summed E-state index contributed by atoms with van der Waals surface area (Å²) in [5.41, 5.74) is 2.77. The van der Waals surface area contributed by atoms with Crippen LogP contribution in [0, 0.1) is 0 Å². The van der Waals surface area contributed by atoms with E-state index in [1.54, 1.807) is 19.1 Å². The maximum atomic E-state index is 13.0. The summed E-state index contributed by atoms with van der Waals surface area (Å²) in [6.45, 7) is 1.70. The second-order valence-electron chi connectivity index (χ2n) is 6.25. The predicted octanol–water partition coefficient (Wildman–Crippen LogP) is 3.90. The van der Waals surface area contributed by atoms with Crippen LogP contribution in [-0.4, -0.2) is 18.2 Å². The number of nitrogens with one attached hydrogen (secondary N) is 3. The molecule has 0 spiro atoms. The molecule has 28 heavy (non-hydrogen) atoms. The molecule has 0 bridgehead atoms. The Bertz CT molecular complexity index is 871. The van der Waals surface area contributed by atoms with Crippen molar-refractivity contribution in [2.75, 3.05) is 0 Å². The third-order valence-electron chi connectivity index (χ3n) is 4.22. The van der Waals surface area contributed by atoms with Crippen LogP contribution in [0.2, 0.25) is 10.0 Å². The minimum absolute atomic E-state index is 0.0455. The molecule has 1 aliphatic heterocycles. The van der Waals surface area contributed by atoms with Crippen LogP contribution in [0.15, 0.2) is 42.5 Å². The molecular weight excluding hydrogens is 418 g/mol. The number of carbonyl (C=O) groups is 1. The van der Waals surface area contributed by atoms with Crippen LogP contribution >= 0.6 is 23.2 Å². The van der Waals surface area contributed by atoms with E-state index < -0.39 is 23.9 Å². The average Bonchev–Trinajstić information content (AvgIpc) is 3.44. The van der Waals surface area contributed by atoms with Gasteiger partial charge in [0.15, 0.2) is 6.10 Å². The zero-order valence-corrected chi connectivity index (χ0v) is 16.0. The Morgan fingerprint density at radius 1 is 1.18 bits per heavy atom. The number of hydrazine groups is 1. The van der Waals surface area contributed by atoms with Crippen molar-refractivity contribution in [2.45, 2.75) is 31.4 Å². The van der Waals surface area contributed by atoms with Crippen LogP contribution < -0.4 is 20.9 Å². The predicted molar refractivity (Wildman–Crippen MR) is 98.8 cm³/mol. The van der Waals surface area contributed by atoms with Crippen LogP contribution in [0.1, 0.15) is 18.1 Å². The molecule has 2 aromatic rings. The molecule has 1 amide bonds. The largest absolute Gasteiger partial charge is 0.479 e. The monoisotopic (exact) mass is 433 g/mol. The lowest BCUT2D eigenvalue weighted by Gasteiger charge is -2.17. The molecule has 1 aliphatic rings. The first-order valence-corrected chi connectivity index (χ1v) is 8.98. The molecule has 0 radical (unpaired) electrons. The van der Waals surface area contributed by atoms with E-state index in [0.29, 0.717) is 16.3 Å². The average molecular weight is 434 g/mol. The summed E-state index contributed by atoms with van der Waals surface area (Å²) in [7, 11) is 0. The fraction of sp³-hybridized carbons (Fsp3) is 0.278. The second kappa shape index (κ2) is 7.79. The van der Waals surface area contributed by atoms with Crippen molar-refractivity contribution in [3.05, 3.63) is 63.6 Å². The van der Waals surface area contributed by atoms with Crippen LogP contribution in [0.25, 0.3) is 0 Å². The van der Waals surface area contributed by atoms with Crippen LogP contribution in [0.3, 0.4) is 0 Å². The third kappa shape index (κ3) is 4.35. The van der Waals surface area contributed by atoms with Crippen molar-refractivity contribution < 1.29 is 22.7 Å². The summed E-state index contributed by atoms with van der Waals surface area (Å²) in [5, 5.41) is 3.39. The van der Waals surface area contributed by atoms with Gasteiger partial charge in [-0.05, 0) is 36.2 Å². The van der Waals surface area contributed by atoms with E-state index in [-0.39, 0.29) is 17.1 Å². The van der Waals surface area contributed by atoms with E-state index in [1.165, 1.54) is 30.3 Å². The topological polar surface area (TPSA) is 82.2 Å². The SMILES string of the molecule is CC(Oc1ccc(Cl)cc1Cl)C(=O)NCc1ccc(C2(C(F)(F)F)NN2)cc1. The van der Waals surface area contributed by atoms with Crippen molar-refractivity contribution in [1.82, 2.24) is 16.2 Å². The van der Waals surface area contributed by atoms with E-state index in [4.69, 9.17) is 27.9 Å². The number of amides is 1. The van der Waals surface area contributed by atoms with Gasteiger partial charge in [-0.2, -0.15) is 13.2 Å². The fourth-order valence-corrected chi connectivity index (χ4v) is 2.99. The maximum Gasteiger partial charge on any atom is 0.426 e. The highest BCUT2D eigenvalue weighted by atomic mass is 35.5. The van der Waals surface area contributed by atoms with Crippen molar-refractivity contribution in [1.29, 1.82) is 0 Å². The number of halogens is 5. The molecular formula is C18H16Cl2F3N3O2. The molecule has 150 valence electrons. The Hall–Kier alpha value is -2.00. The Labute approximate surface area is 169 Å². The summed E-state index contributed by atoms with van der Waals surface area (Å²) in [5.74, 6) is -0.0765. The van der Waals surface area contributed by atoms with Crippen LogP contribution in [-0.2, 0) is 17.0 Å². The fourth-order valence-electron chi connectivity index (χ4n) is 2.53. The van der Waals surface area contributed by atoms with E-state index in [0.717, 1.165) is 0 Å². The van der Waals surface area contributed by atoms with Gasteiger partial charge in [-0.3, -0.25) is 4.79 Å². The quantitative estimate of drug-likeness (QED) is 0.603. The van der Waals surface area contributed by atoms with Gasteiger partial charge in [-0.25, -0.2) is 10.9 Å². The molecule has 1 saturated heterocycles. The highest BCUT2D eigenvalue weighted by Gasteiger charge is 2.65. The van der Waals surface area contributed by atoms with Gasteiger partial charge in [0, 0.05) is 11.6 Å². The lowest BCUT2D eigenvalue weighted by Crippen LogP contribution is -2.36. The van der Waals surface area contributed by atoms with E-state index >= 15 is 0 Å². The number of carbonyl (C=O) groups excluding carboxylic acids is 1. The first-order chi connectivity index (χ1) is 13.1. The summed E-state index contributed by atoms with van der Waals surface area (Å²) in [4.78, 5) is 12.2. The summed E-state index contributed by atoms with van der Waals surface area (Å²) >= 11 is 11.8. The van der Waals surface area contributed by atoms with Crippen molar-refractivity contribution >= 4 is 29.1 Å². The highest BCUT2D eigenvalue weighted by molar-refractivity contribution is 6.35. The number of alkyl halides is 3. The van der Waals surface area contributed by atoms with Gasteiger partial charge in [-0.15, -0.1) is 0 Å². The molecule has 5 nitrogen and oxygen atoms in total.